The summed E-state index contributed by atoms with van der Waals surface area (Å²) in [6, 6.07) is 14.5. The van der Waals surface area contributed by atoms with Gasteiger partial charge in [-0.1, -0.05) is 29.8 Å². The number of carbonyl (C=O) groups is 1. The molecule has 0 saturated carbocycles. The van der Waals surface area contributed by atoms with Crippen molar-refractivity contribution < 1.29 is 14.3 Å². The lowest BCUT2D eigenvalue weighted by molar-refractivity contribution is 0.0950. The molecule has 0 atom stereocenters. The molecule has 2 aromatic rings. The second kappa shape index (κ2) is 9.18. The summed E-state index contributed by atoms with van der Waals surface area (Å²) in [4.78, 5) is 12.1. The van der Waals surface area contributed by atoms with Crippen LogP contribution in [-0.2, 0) is 11.3 Å². The molecule has 0 unspecified atom stereocenters. The predicted molar refractivity (Wildman–Crippen MR) is 91.1 cm³/mol. The van der Waals surface area contributed by atoms with Crippen LogP contribution in [0.1, 0.15) is 22.8 Å². The van der Waals surface area contributed by atoms with E-state index in [0.29, 0.717) is 42.7 Å². The summed E-state index contributed by atoms with van der Waals surface area (Å²) in [5.74, 6) is 0.568. The number of hydrogen-bond acceptors (Lipinski definition) is 3. The van der Waals surface area contributed by atoms with Crippen LogP contribution in [0.15, 0.2) is 48.5 Å². The molecule has 0 fully saturated rings. The Labute approximate surface area is 141 Å². The third-order valence-electron chi connectivity index (χ3n) is 3.21. The van der Waals surface area contributed by atoms with Crippen LogP contribution in [0, 0.1) is 0 Å². The van der Waals surface area contributed by atoms with E-state index in [9.17, 15) is 4.79 Å². The van der Waals surface area contributed by atoms with E-state index in [1.807, 2.05) is 25.1 Å². The summed E-state index contributed by atoms with van der Waals surface area (Å²) in [6.45, 7) is 4.05. The zero-order valence-electron chi connectivity index (χ0n) is 13.0. The molecule has 0 aliphatic rings. The minimum Gasteiger partial charge on any atom is -0.491 e. The van der Waals surface area contributed by atoms with Gasteiger partial charge in [0.05, 0.1) is 6.61 Å². The fraction of sp³-hybridized carbons (Fsp3) is 0.278. The van der Waals surface area contributed by atoms with E-state index in [-0.39, 0.29) is 5.91 Å². The summed E-state index contributed by atoms with van der Waals surface area (Å²) in [7, 11) is 0. The molecule has 0 aliphatic heterocycles. The van der Waals surface area contributed by atoms with Gasteiger partial charge in [-0.15, -0.1) is 0 Å². The number of halogens is 1. The number of benzene rings is 2. The van der Waals surface area contributed by atoms with E-state index in [1.165, 1.54) is 0 Å². The zero-order chi connectivity index (χ0) is 16.5. The van der Waals surface area contributed by atoms with Crippen molar-refractivity contribution in [2.75, 3.05) is 19.8 Å². The zero-order valence-corrected chi connectivity index (χ0v) is 13.8. The Kier molecular flexibility index (Phi) is 6.91. The fourth-order valence-corrected chi connectivity index (χ4v) is 2.19. The van der Waals surface area contributed by atoms with Crippen LogP contribution in [0.2, 0.25) is 5.02 Å². The maximum Gasteiger partial charge on any atom is 0.251 e. The van der Waals surface area contributed by atoms with Crippen molar-refractivity contribution >= 4 is 17.5 Å². The Bertz CT molecular complexity index is 628. The summed E-state index contributed by atoms with van der Waals surface area (Å²) in [6.07, 6.45) is 0. The Morgan fingerprint density at radius 3 is 2.52 bits per heavy atom. The molecule has 0 spiro atoms. The number of amides is 1. The maximum atomic E-state index is 12.1. The second-order valence-corrected chi connectivity index (χ2v) is 5.25. The smallest absolute Gasteiger partial charge is 0.251 e. The molecule has 1 amide bonds. The molecule has 2 aromatic carbocycles. The van der Waals surface area contributed by atoms with Gasteiger partial charge in [-0.25, -0.2) is 0 Å². The van der Waals surface area contributed by atoms with Crippen molar-refractivity contribution in [2.45, 2.75) is 13.5 Å². The molecule has 0 aliphatic carbocycles. The normalized spacial score (nSPS) is 10.3. The third-order valence-corrected chi connectivity index (χ3v) is 3.58. The van der Waals surface area contributed by atoms with Crippen molar-refractivity contribution in [3.05, 3.63) is 64.7 Å². The molecule has 23 heavy (non-hydrogen) atoms. The number of nitrogens with one attached hydrogen (secondary N) is 1. The standard InChI is InChI=1S/C18H20ClNO3/c1-2-22-11-12-23-16-9-7-14(8-10-16)18(21)20-13-15-5-3-4-6-17(15)19/h3-10H,2,11-13H2,1H3,(H,20,21). The van der Waals surface area contributed by atoms with Crippen LogP contribution in [0.3, 0.4) is 0 Å². The van der Waals surface area contributed by atoms with Crippen LogP contribution in [0.4, 0.5) is 0 Å². The van der Waals surface area contributed by atoms with Gasteiger partial charge in [0.15, 0.2) is 0 Å². The van der Waals surface area contributed by atoms with Crippen LogP contribution >= 0.6 is 11.6 Å². The largest absolute Gasteiger partial charge is 0.491 e. The van der Waals surface area contributed by atoms with Crippen molar-refractivity contribution in [3.63, 3.8) is 0 Å². The van der Waals surface area contributed by atoms with Gasteiger partial charge in [-0.2, -0.15) is 0 Å². The van der Waals surface area contributed by atoms with Gasteiger partial charge < -0.3 is 14.8 Å². The van der Waals surface area contributed by atoms with Gasteiger partial charge in [0, 0.05) is 23.7 Å². The molecule has 0 radical (unpaired) electrons. The monoisotopic (exact) mass is 333 g/mol. The lowest BCUT2D eigenvalue weighted by Crippen LogP contribution is -2.22. The van der Waals surface area contributed by atoms with Crippen molar-refractivity contribution in [3.8, 4) is 5.75 Å². The van der Waals surface area contributed by atoms with Crippen molar-refractivity contribution in [1.29, 1.82) is 0 Å². The van der Waals surface area contributed by atoms with Crippen LogP contribution < -0.4 is 10.1 Å². The molecule has 122 valence electrons. The topological polar surface area (TPSA) is 47.6 Å². The first-order chi connectivity index (χ1) is 11.2. The van der Waals surface area contributed by atoms with Crippen LogP contribution in [0.5, 0.6) is 5.75 Å². The highest BCUT2D eigenvalue weighted by atomic mass is 35.5. The summed E-state index contributed by atoms with van der Waals surface area (Å²) in [5, 5.41) is 3.50. The first-order valence-corrected chi connectivity index (χ1v) is 7.90. The van der Waals surface area contributed by atoms with Crippen molar-refractivity contribution in [1.82, 2.24) is 5.32 Å². The molecule has 0 saturated heterocycles. The predicted octanol–water partition coefficient (Wildman–Crippen LogP) is 3.69. The molecule has 1 N–H and O–H groups in total. The lowest BCUT2D eigenvalue weighted by Gasteiger charge is -2.09. The summed E-state index contributed by atoms with van der Waals surface area (Å²) < 4.78 is 10.7. The van der Waals surface area contributed by atoms with Gasteiger partial charge in [0.2, 0.25) is 0 Å². The van der Waals surface area contributed by atoms with E-state index < -0.39 is 0 Å². The molecule has 4 nitrogen and oxygen atoms in total. The SMILES string of the molecule is CCOCCOc1ccc(C(=O)NCc2ccccc2Cl)cc1. The highest BCUT2D eigenvalue weighted by Crippen LogP contribution is 2.15. The summed E-state index contributed by atoms with van der Waals surface area (Å²) >= 11 is 6.07. The Hall–Kier alpha value is -2.04. The average Bonchev–Trinajstić information content (AvgIpc) is 2.58. The Morgan fingerprint density at radius 1 is 1.09 bits per heavy atom. The Morgan fingerprint density at radius 2 is 1.83 bits per heavy atom. The lowest BCUT2D eigenvalue weighted by atomic mass is 10.2. The second-order valence-electron chi connectivity index (χ2n) is 4.84. The highest BCUT2D eigenvalue weighted by Gasteiger charge is 2.07. The molecule has 0 bridgehead atoms. The first kappa shape index (κ1) is 17.3. The number of rotatable bonds is 8. The highest BCUT2D eigenvalue weighted by molar-refractivity contribution is 6.31. The van der Waals surface area contributed by atoms with Crippen LogP contribution in [0.25, 0.3) is 0 Å². The van der Waals surface area contributed by atoms with E-state index in [2.05, 4.69) is 5.32 Å². The van der Waals surface area contributed by atoms with Gasteiger partial charge in [0.25, 0.3) is 5.91 Å². The van der Waals surface area contributed by atoms with E-state index >= 15 is 0 Å². The Balaban J connectivity index is 1.84. The molecule has 0 aromatic heterocycles. The van der Waals surface area contributed by atoms with Gasteiger partial charge in [0.1, 0.15) is 12.4 Å². The summed E-state index contributed by atoms with van der Waals surface area (Å²) in [5.41, 5.74) is 1.47. The van der Waals surface area contributed by atoms with Gasteiger partial charge in [-0.3, -0.25) is 4.79 Å². The van der Waals surface area contributed by atoms with Crippen LogP contribution in [-0.4, -0.2) is 25.7 Å². The number of hydrogen-bond donors (Lipinski definition) is 1. The molecule has 2 rings (SSSR count). The third kappa shape index (κ3) is 5.58. The van der Waals surface area contributed by atoms with E-state index in [4.69, 9.17) is 21.1 Å². The van der Waals surface area contributed by atoms with Crippen molar-refractivity contribution in [2.24, 2.45) is 0 Å². The minimum absolute atomic E-state index is 0.147. The quantitative estimate of drug-likeness (QED) is 0.749. The number of ether oxygens (including phenoxy) is 2. The fourth-order valence-electron chi connectivity index (χ4n) is 1.98. The van der Waals surface area contributed by atoms with Gasteiger partial charge in [-0.05, 0) is 42.8 Å². The minimum atomic E-state index is -0.147. The maximum absolute atomic E-state index is 12.1. The average molecular weight is 334 g/mol. The van der Waals surface area contributed by atoms with Gasteiger partial charge >= 0.3 is 0 Å². The molecular formula is C18H20ClNO3. The number of carbonyl (C=O) groups excluding carboxylic acids is 1. The first-order valence-electron chi connectivity index (χ1n) is 7.53. The molecule has 0 heterocycles. The van der Waals surface area contributed by atoms with E-state index in [0.717, 1.165) is 5.56 Å². The molecule has 5 heteroatoms. The van der Waals surface area contributed by atoms with E-state index in [1.54, 1.807) is 30.3 Å². The molecular weight excluding hydrogens is 314 g/mol.